The third-order valence-electron chi connectivity index (χ3n) is 3.34. The fourth-order valence-corrected chi connectivity index (χ4v) is 2.67. The molecule has 1 aromatic heterocycles. The number of benzene rings is 2. The number of nitrogens with zero attached hydrogens (tertiary/aromatic N) is 1. The summed E-state index contributed by atoms with van der Waals surface area (Å²) in [6.07, 6.45) is -4.56. The smallest absolute Gasteiger partial charge is 0.422 e. The molecule has 142 valence electrons. The number of aromatic nitrogens is 1. The Kier molecular flexibility index (Phi) is 5.16. The number of fused-ring (bicyclic) bond motifs is 1. The maximum absolute atomic E-state index is 13.6. The summed E-state index contributed by atoms with van der Waals surface area (Å²) < 4.78 is 60.6. The number of amides is 1. The van der Waals surface area contributed by atoms with Crippen molar-refractivity contribution in [2.45, 2.75) is 6.18 Å². The first kappa shape index (κ1) is 19.2. The maximum Gasteiger partial charge on any atom is 0.422 e. The van der Waals surface area contributed by atoms with Gasteiger partial charge in [-0.15, -0.1) is 0 Å². The van der Waals surface area contributed by atoms with Crippen molar-refractivity contribution in [3.05, 3.63) is 51.8 Å². The number of nitrogens with one attached hydrogen (secondary N) is 1. The van der Waals surface area contributed by atoms with E-state index in [1.54, 1.807) is 0 Å². The van der Waals surface area contributed by atoms with E-state index in [1.807, 2.05) is 0 Å². The Morgan fingerprint density at radius 1 is 1.22 bits per heavy atom. The minimum atomic E-state index is -4.56. The largest absolute Gasteiger partial charge is 0.483 e. The van der Waals surface area contributed by atoms with E-state index < -0.39 is 24.5 Å². The number of alkyl halides is 3. The van der Waals surface area contributed by atoms with Crippen LogP contribution < -0.4 is 10.1 Å². The molecule has 0 aliphatic carbocycles. The van der Waals surface area contributed by atoms with Gasteiger partial charge in [-0.2, -0.15) is 13.2 Å². The predicted molar refractivity (Wildman–Crippen MR) is 89.9 cm³/mol. The van der Waals surface area contributed by atoms with Gasteiger partial charge in [-0.25, -0.2) is 4.39 Å². The first-order valence-corrected chi connectivity index (χ1v) is 7.95. The molecule has 1 N–H and O–H groups in total. The van der Waals surface area contributed by atoms with Gasteiger partial charge < -0.3 is 14.6 Å². The van der Waals surface area contributed by atoms with Crippen molar-refractivity contribution in [1.29, 1.82) is 0 Å². The lowest BCUT2D eigenvalue weighted by Gasteiger charge is -2.10. The highest BCUT2D eigenvalue weighted by molar-refractivity contribution is 6.37. The summed E-state index contributed by atoms with van der Waals surface area (Å²) in [6.45, 7) is -1.54. The number of carbonyl (C=O) groups excluding carboxylic acids is 1. The van der Waals surface area contributed by atoms with Crippen LogP contribution in [-0.2, 0) is 0 Å². The molecule has 3 rings (SSSR count). The number of anilines is 1. The summed E-state index contributed by atoms with van der Waals surface area (Å²) in [4.78, 5) is 12.4. The van der Waals surface area contributed by atoms with Gasteiger partial charge in [0.05, 0.1) is 15.6 Å². The Morgan fingerprint density at radius 3 is 2.67 bits per heavy atom. The van der Waals surface area contributed by atoms with Gasteiger partial charge in [0.25, 0.3) is 5.91 Å². The second kappa shape index (κ2) is 7.24. The van der Waals surface area contributed by atoms with Gasteiger partial charge in [0.1, 0.15) is 17.0 Å². The van der Waals surface area contributed by atoms with Crippen LogP contribution in [0.15, 0.2) is 34.9 Å². The standard InChI is InChI=1S/C16H8Cl2F4N2O3/c17-8-5-9(18)10(19)4-7(8)15(25)23-14-13-11(26-6-16(20,21)22)2-1-3-12(13)27-24-14/h1-5H,6H2,(H,23,24,25). The van der Waals surface area contributed by atoms with E-state index in [0.29, 0.717) is 0 Å². The molecule has 0 spiro atoms. The van der Waals surface area contributed by atoms with Crippen molar-refractivity contribution < 1.29 is 31.6 Å². The van der Waals surface area contributed by atoms with Gasteiger partial charge in [-0.05, 0) is 24.3 Å². The quantitative estimate of drug-likeness (QED) is 0.447. The minimum absolute atomic E-state index is 0.0145. The summed E-state index contributed by atoms with van der Waals surface area (Å²) in [5.74, 6) is -2.14. The predicted octanol–water partition coefficient (Wildman–Crippen LogP) is 5.47. The highest BCUT2D eigenvalue weighted by Gasteiger charge is 2.29. The summed E-state index contributed by atoms with van der Waals surface area (Å²) in [7, 11) is 0. The molecular weight excluding hydrogens is 415 g/mol. The van der Waals surface area contributed by atoms with Crippen LogP contribution >= 0.6 is 23.2 Å². The van der Waals surface area contributed by atoms with Gasteiger partial charge in [-0.3, -0.25) is 4.79 Å². The number of rotatable bonds is 4. The number of ether oxygens (including phenoxy) is 1. The van der Waals surface area contributed by atoms with E-state index >= 15 is 0 Å². The van der Waals surface area contributed by atoms with E-state index in [1.165, 1.54) is 18.2 Å². The first-order chi connectivity index (χ1) is 12.7. The van der Waals surface area contributed by atoms with Gasteiger partial charge in [0, 0.05) is 0 Å². The Bertz CT molecular complexity index is 1020. The second-order valence-corrected chi connectivity index (χ2v) is 6.08. The molecular formula is C16H8Cl2F4N2O3. The van der Waals surface area contributed by atoms with Gasteiger partial charge in [0.2, 0.25) is 0 Å². The molecule has 0 saturated carbocycles. The fraction of sp³-hybridized carbons (Fsp3) is 0.125. The van der Waals surface area contributed by atoms with Crippen LogP contribution in [0.1, 0.15) is 10.4 Å². The first-order valence-electron chi connectivity index (χ1n) is 7.19. The van der Waals surface area contributed by atoms with Gasteiger partial charge in [0.15, 0.2) is 18.0 Å². The number of carbonyl (C=O) groups is 1. The summed E-state index contributed by atoms with van der Waals surface area (Å²) >= 11 is 11.5. The molecule has 5 nitrogen and oxygen atoms in total. The Balaban J connectivity index is 1.93. The highest BCUT2D eigenvalue weighted by atomic mass is 35.5. The van der Waals surface area contributed by atoms with Gasteiger partial charge >= 0.3 is 6.18 Å². The monoisotopic (exact) mass is 422 g/mol. The number of hydrogen-bond donors (Lipinski definition) is 1. The molecule has 0 fully saturated rings. The lowest BCUT2D eigenvalue weighted by atomic mass is 10.2. The minimum Gasteiger partial charge on any atom is -0.483 e. The summed E-state index contributed by atoms with van der Waals surface area (Å²) in [6, 6.07) is 5.95. The zero-order chi connectivity index (χ0) is 19.8. The van der Waals surface area contributed by atoms with E-state index in [9.17, 15) is 22.4 Å². The molecule has 11 heteroatoms. The molecule has 0 aliphatic heterocycles. The number of halogens is 6. The SMILES string of the molecule is O=C(Nc1noc2cccc(OCC(F)(F)F)c12)c1cc(F)c(Cl)cc1Cl. The number of hydrogen-bond acceptors (Lipinski definition) is 4. The summed E-state index contributed by atoms with van der Waals surface area (Å²) in [5.41, 5.74) is -0.165. The Morgan fingerprint density at radius 2 is 1.96 bits per heavy atom. The molecule has 0 aliphatic rings. The molecule has 0 bridgehead atoms. The summed E-state index contributed by atoms with van der Waals surface area (Å²) in [5, 5.41) is 5.53. The maximum atomic E-state index is 13.6. The van der Waals surface area contributed by atoms with E-state index in [4.69, 9.17) is 32.5 Å². The molecule has 1 heterocycles. The average Bonchev–Trinajstić information content (AvgIpc) is 2.99. The molecule has 2 aromatic carbocycles. The van der Waals surface area contributed by atoms with E-state index in [-0.39, 0.29) is 38.1 Å². The van der Waals surface area contributed by atoms with Crippen molar-refractivity contribution in [2.75, 3.05) is 11.9 Å². The van der Waals surface area contributed by atoms with Crippen LogP contribution in [0.25, 0.3) is 11.0 Å². The normalized spacial score (nSPS) is 11.6. The third kappa shape index (κ3) is 4.25. The van der Waals surface area contributed by atoms with Crippen LogP contribution in [0.2, 0.25) is 10.0 Å². The van der Waals surface area contributed by atoms with Crippen LogP contribution in [0.5, 0.6) is 5.75 Å². The Hall–Kier alpha value is -2.52. The zero-order valence-corrected chi connectivity index (χ0v) is 14.5. The van der Waals surface area contributed by atoms with Gasteiger partial charge in [-0.1, -0.05) is 34.4 Å². The molecule has 1 amide bonds. The molecule has 0 saturated heterocycles. The van der Waals surface area contributed by atoms with Crippen molar-refractivity contribution in [3.8, 4) is 5.75 Å². The van der Waals surface area contributed by atoms with Crippen LogP contribution in [0.3, 0.4) is 0 Å². The fourth-order valence-electron chi connectivity index (χ4n) is 2.20. The van der Waals surface area contributed by atoms with Crippen LogP contribution in [0, 0.1) is 5.82 Å². The molecule has 0 atom stereocenters. The van der Waals surface area contributed by atoms with Crippen LogP contribution in [0.4, 0.5) is 23.4 Å². The van der Waals surface area contributed by atoms with Crippen molar-refractivity contribution in [1.82, 2.24) is 5.16 Å². The third-order valence-corrected chi connectivity index (χ3v) is 3.94. The van der Waals surface area contributed by atoms with E-state index in [2.05, 4.69) is 10.5 Å². The molecule has 27 heavy (non-hydrogen) atoms. The van der Waals surface area contributed by atoms with Crippen LogP contribution in [-0.4, -0.2) is 23.8 Å². The lowest BCUT2D eigenvalue weighted by molar-refractivity contribution is -0.153. The van der Waals surface area contributed by atoms with Crippen molar-refractivity contribution in [2.24, 2.45) is 0 Å². The average molecular weight is 423 g/mol. The molecule has 3 aromatic rings. The zero-order valence-electron chi connectivity index (χ0n) is 13.0. The highest BCUT2D eigenvalue weighted by Crippen LogP contribution is 2.34. The van der Waals surface area contributed by atoms with Crippen molar-refractivity contribution >= 4 is 45.9 Å². The molecule has 0 unspecified atom stereocenters. The lowest BCUT2D eigenvalue weighted by Crippen LogP contribution is -2.19. The van der Waals surface area contributed by atoms with E-state index in [0.717, 1.165) is 12.1 Å². The van der Waals surface area contributed by atoms with Crippen molar-refractivity contribution in [3.63, 3.8) is 0 Å². The Labute approximate surface area is 158 Å². The second-order valence-electron chi connectivity index (χ2n) is 5.26. The topological polar surface area (TPSA) is 64.4 Å². The molecule has 0 radical (unpaired) electrons.